The number of hydrogen-bond donors (Lipinski definition) is 2. The van der Waals surface area contributed by atoms with Crippen LogP contribution in [-0.4, -0.2) is 28.5 Å². The summed E-state index contributed by atoms with van der Waals surface area (Å²) in [5, 5.41) is 11.9. The molecule has 0 spiro atoms. The van der Waals surface area contributed by atoms with Crippen LogP contribution in [0, 0.1) is 0 Å². The van der Waals surface area contributed by atoms with Gasteiger partial charge in [0, 0.05) is 18.9 Å². The van der Waals surface area contributed by atoms with Gasteiger partial charge in [0.25, 0.3) is 0 Å². The first-order valence-corrected chi connectivity index (χ1v) is 6.60. The minimum absolute atomic E-state index is 0.0679. The van der Waals surface area contributed by atoms with E-state index in [0.717, 1.165) is 5.56 Å². The normalized spacial score (nSPS) is 11.6. The molecule has 1 amide bonds. The molecule has 5 heteroatoms. The van der Waals surface area contributed by atoms with Crippen molar-refractivity contribution in [3.63, 3.8) is 0 Å². The highest BCUT2D eigenvalue weighted by atomic mass is 16.4. The van der Waals surface area contributed by atoms with Gasteiger partial charge in [-0.3, -0.25) is 14.6 Å². The number of carbonyl (C=O) groups excluding carboxylic acids is 1. The molecule has 0 aliphatic carbocycles. The summed E-state index contributed by atoms with van der Waals surface area (Å²) in [6, 6.07) is 12.4. The second-order valence-electron chi connectivity index (χ2n) is 4.64. The lowest BCUT2D eigenvalue weighted by Crippen LogP contribution is -2.32. The van der Waals surface area contributed by atoms with Gasteiger partial charge >= 0.3 is 5.97 Å². The Balaban J connectivity index is 1.93. The lowest BCUT2D eigenvalue weighted by atomic mass is 9.99. The van der Waals surface area contributed by atoms with Crippen LogP contribution in [-0.2, 0) is 16.0 Å². The molecular formula is C16H16N2O3. The number of benzene rings is 1. The maximum Gasteiger partial charge on any atom is 0.312 e. The highest BCUT2D eigenvalue weighted by molar-refractivity contribution is 5.81. The second kappa shape index (κ2) is 7.19. The Labute approximate surface area is 122 Å². The van der Waals surface area contributed by atoms with E-state index in [1.165, 1.54) is 0 Å². The van der Waals surface area contributed by atoms with Crippen LogP contribution in [0.15, 0.2) is 54.9 Å². The lowest BCUT2D eigenvalue weighted by Gasteiger charge is -2.13. The summed E-state index contributed by atoms with van der Waals surface area (Å²) < 4.78 is 0. The lowest BCUT2D eigenvalue weighted by molar-refractivity contribution is -0.138. The molecular weight excluding hydrogens is 268 g/mol. The first-order valence-electron chi connectivity index (χ1n) is 6.60. The Bertz CT molecular complexity index is 599. The van der Waals surface area contributed by atoms with Crippen molar-refractivity contribution in [2.75, 3.05) is 6.54 Å². The number of aliphatic carboxylic acids is 1. The first-order chi connectivity index (χ1) is 10.2. The third-order valence-corrected chi connectivity index (χ3v) is 3.09. The first kappa shape index (κ1) is 14.7. The van der Waals surface area contributed by atoms with Crippen molar-refractivity contribution < 1.29 is 14.7 Å². The summed E-state index contributed by atoms with van der Waals surface area (Å²) in [4.78, 5) is 27.1. The SMILES string of the molecule is O=C(Cc1cccnc1)NCC(C(=O)O)c1ccccc1. The number of carbonyl (C=O) groups is 2. The fourth-order valence-corrected chi connectivity index (χ4v) is 2.00. The van der Waals surface area contributed by atoms with E-state index >= 15 is 0 Å². The maximum atomic E-state index is 11.8. The summed E-state index contributed by atoms with van der Waals surface area (Å²) in [6.07, 6.45) is 3.44. The summed E-state index contributed by atoms with van der Waals surface area (Å²) in [5.41, 5.74) is 1.47. The summed E-state index contributed by atoms with van der Waals surface area (Å²) in [6.45, 7) is 0.0679. The van der Waals surface area contributed by atoms with Crippen molar-refractivity contribution in [2.45, 2.75) is 12.3 Å². The van der Waals surface area contributed by atoms with Crippen LogP contribution in [0.5, 0.6) is 0 Å². The number of aromatic nitrogens is 1. The zero-order valence-electron chi connectivity index (χ0n) is 11.4. The van der Waals surface area contributed by atoms with Crippen molar-refractivity contribution in [1.29, 1.82) is 0 Å². The molecule has 0 fully saturated rings. The molecule has 1 heterocycles. The standard InChI is InChI=1S/C16H16N2O3/c19-15(9-12-5-4-8-17-10-12)18-11-14(16(20)21)13-6-2-1-3-7-13/h1-8,10,14H,9,11H2,(H,18,19)(H,20,21). The van der Waals surface area contributed by atoms with E-state index in [2.05, 4.69) is 10.3 Å². The monoisotopic (exact) mass is 284 g/mol. The zero-order chi connectivity index (χ0) is 15.1. The molecule has 2 N–H and O–H groups in total. The van der Waals surface area contributed by atoms with Crippen molar-refractivity contribution >= 4 is 11.9 Å². The molecule has 0 aliphatic heterocycles. The smallest absolute Gasteiger partial charge is 0.312 e. The Hall–Kier alpha value is -2.69. The van der Waals surface area contributed by atoms with Gasteiger partial charge in [0.05, 0.1) is 12.3 Å². The number of amides is 1. The Morgan fingerprint density at radius 3 is 2.52 bits per heavy atom. The van der Waals surface area contributed by atoms with Crippen LogP contribution in [0.1, 0.15) is 17.0 Å². The molecule has 0 radical (unpaired) electrons. The van der Waals surface area contributed by atoms with Crippen LogP contribution in [0.2, 0.25) is 0 Å². The number of pyridine rings is 1. The number of carboxylic acid groups (broad SMARTS) is 1. The van der Waals surface area contributed by atoms with Crippen molar-refractivity contribution in [1.82, 2.24) is 10.3 Å². The molecule has 0 saturated carbocycles. The highest BCUT2D eigenvalue weighted by Gasteiger charge is 2.20. The maximum absolute atomic E-state index is 11.8. The highest BCUT2D eigenvalue weighted by Crippen LogP contribution is 2.14. The van der Waals surface area contributed by atoms with Gasteiger partial charge in [0.2, 0.25) is 5.91 Å². The molecule has 0 bridgehead atoms. The van der Waals surface area contributed by atoms with Crippen molar-refractivity contribution in [3.05, 3.63) is 66.0 Å². The van der Waals surface area contributed by atoms with E-state index in [4.69, 9.17) is 0 Å². The third-order valence-electron chi connectivity index (χ3n) is 3.09. The van der Waals surface area contributed by atoms with E-state index in [1.807, 2.05) is 6.07 Å². The number of nitrogens with one attached hydrogen (secondary N) is 1. The third kappa shape index (κ3) is 4.42. The fraction of sp³-hybridized carbons (Fsp3) is 0.188. The summed E-state index contributed by atoms with van der Waals surface area (Å²) in [7, 11) is 0. The van der Waals surface area contributed by atoms with Gasteiger partial charge in [0.15, 0.2) is 0 Å². The average Bonchev–Trinajstić information content (AvgIpc) is 2.49. The molecule has 1 unspecified atom stereocenters. The van der Waals surface area contributed by atoms with E-state index in [0.29, 0.717) is 5.56 Å². The van der Waals surface area contributed by atoms with E-state index in [1.54, 1.807) is 48.8 Å². The van der Waals surface area contributed by atoms with Crippen LogP contribution in [0.25, 0.3) is 0 Å². The molecule has 2 rings (SSSR count). The Kier molecular flexibility index (Phi) is 5.04. The molecule has 0 saturated heterocycles. The van der Waals surface area contributed by atoms with Crippen LogP contribution in [0.4, 0.5) is 0 Å². The van der Waals surface area contributed by atoms with E-state index in [-0.39, 0.29) is 18.9 Å². The van der Waals surface area contributed by atoms with Gasteiger partial charge in [-0.1, -0.05) is 36.4 Å². The van der Waals surface area contributed by atoms with Crippen LogP contribution < -0.4 is 5.32 Å². The molecule has 5 nitrogen and oxygen atoms in total. The van der Waals surface area contributed by atoms with E-state index in [9.17, 15) is 14.7 Å². The second-order valence-corrected chi connectivity index (χ2v) is 4.64. The van der Waals surface area contributed by atoms with Gasteiger partial charge in [0.1, 0.15) is 0 Å². The van der Waals surface area contributed by atoms with Crippen molar-refractivity contribution in [3.8, 4) is 0 Å². The summed E-state index contributed by atoms with van der Waals surface area (Å²) >= 11 is 0. The van der Waals surface area contributed by atoms with Crippen LogP contribution in [0.3, 0.4) is 0 Å². The topological polar surface area (TPSA) is 79.3 Å². The average molecular weight is 284 g/mol. The van der Waals surface area contributed by atoms with Gasteiger partial charge in [-0.2, -0.15) is 0 Å². The fourth-order valence-electron chi connectivity index (χ4n) is 2.00. The number of carboxylic acids is 1. The largest absolute Gasteiger partial charge is 0.481 e. The molecule has 1 atom stereocenters. The molecule has 1 aromatic carbocycles. The zero-order valence-corrected chi connectivity index (χ0v) is 11.4. The molecule has 21 heavy (non-hydrogen) atoms. The quantitative estimate of drug-likeness (QED) is 0.844. The van der Waals surface area contributed by atoms with Gasteiger partial charge in [-0.25, -0.2) is 0 Å². The van der Waals surface area contributed by atoms with E-state index < -0.39 is 11.9 Å². The van der Waals surface area contributed by atoms with Gasteiger partial charge in [-0.15, -0.1) is 0 Å². The Morgan fingerprint density at radius 2 is 1.90 bits per heavy atom. The Morgan fingerprint density at radius 1 is 1.14 bits per heavy atom. The minimum Gasteiger partial charge on any atom is -0.481 e. The minimum atomic E-state index is -0.956. The molecule has 108 valence electrons. The van der Waals surface area contributed by atoms with Crippen LogP contribution >= 0.6 is 0 Å². The number of nitrogens with zero attached hydrogens (tertiary/aromatic N) is 1. The number of rotatable bonds is 6. The van der Waals surface area contributed by atoms with Gasteiger partial charge in [-0.05, 0) is 17.2 Å². The molecule has 2 aromatic rings. The molecule has 1 aromatic heterocycles. The van der Waals surface area contributed by atoms with Crippen molar-refractivity contribution in [2.24, 2.45) is 0 Å². The molecule has 0 aliphatic rings. The predicted octanol–water partition coefficient (Wildman–Crippen LogP) is 1.61. The summed E-state index contributed by atoms with van der Waals surface area (Å²) in [5.74, 6) is -1.92. The van der Waals surface area contributed by atoms with Gasteiger partial charge < -0.3 is 10.4 Å². The predicted molar refractivity (Wildman–Crippen MR) is 77.8 cm³/mol. The number of hydrogen-bond acceptors (Lipinski definition) is 3.